The highest BCUT2D eigenvalue weighted by Gasteiger charge is 2.17. The molecule has 162 valence electrons. The minimum Gasteiger partial charge on any atom is -0.497 e. The van der Waals surface area contributed by atoms with E-state index in [0.29, 0.717) is 17.9 Å². The van der Waals surface area contributed by atoms with Crippen molar-refractivity contribution in [3.63, 3.8) is 0 Å². The molecule has 0 radical (unpaired) electrons. The van der Waals surface area contributed by atoms with Crippen LogP contribution in [0, 0.1) is 0 Å². The first-order valence-electron chi connectivity index (χ1n) is 9.99. The lowest BCUT2D eigenvalue weighted by Gasteiger charge is -2.13. The molecule has 0 aliphatic heterocycles. The lowest BCUT2D eigenvalue weighted by Crippen LogP contribution is -2.42. The van der Waals surface area contributed by atoms with E-state index >= 15 is 0 Å². The van der Waals surface area contributed by atoms with Crippen LogP contribution < -0.4 is 21.3 Å². The van der Waals surface area contributed by atoms with E-state index in [0.717, 1.165) is 10.1 Å². The Bertz CT molecular complexity index is 1360. The summed E-state index contributed by atoms with van der Waals surface area (Å²) in [5.41, 5.74) is 0.517. The van der Waals surface area contributed by atoms with E-state index in [1.165, 1.54) is 17.0 Å². The van der Waals surface area contributed by atoms with Crippen molar-refractivity contribution in [2.24, 2.45) is 0 Å². The second-order valence-corrected chi connectivity index (χ2v) is 7.07. The third kappa shape index (κ3) is 4.41. The van der Waals surface area contributed by atoms with Gasteiger partial charge in [0.1, 0.15) is 12.3 Å². The Morgan fingerprint density at radius 2 is 1.69 bits per heavy atom. The first kappa shape index (κ1) is 21.0. The molecule has 1 amide bonds. The van der Waals surface area contributed by atoms with Crippen LogP contribution in [-0.2, 0) is 24.3 Å². The maximum absolute atomic E-state index is 13.2. The van der Waals surface area contributed by atoms with Crippen molar-refractivity contribution in [2.45, 2.75) is 19.5 Å². The molecular formula is C23H21N5O4. The third-order valence-corrected chi connectivity index (χ3v) is 4.99. The Balaban J connectivity index is 1.65. The molecule has 0 atom stereocenters. The van der Waals surface area contributed by atoms with Crippen LogP contribution in [0.1, 0.15) is 5.56 Å². The summed E-state index contributed by atoms with van der Waals surface area (Å²) in [4.78, 5) is 47.0. The molecule has 0 spiro atoms. The summed E-state index contributed by atoms with van der Waals surface area (Å²) in [6, 6.07) is 16.3. The summed E-state index contributed by atoms with van der Waals surface area (Å²) in [5.74, 6) is 0.225. The number of hydrogen-bond donors (Lipinski definition) is 1. The van der Waals surface area contributed by atoms with Crippen molar-refractivity contribution < 1.29 is 9.53 Å². The van der Waals surface area contributed by atoms with Crippen LogP contribution in [-0.4, -0.2) is 32.1 Å². The number of amides is 1. The van der Waals surface area contributed by atoms with Gasteiger partial charge in [0, 0.05) is 24.6 Å². The summed E-state index contributed by atoms with van der Waals surface area (Å²) >= 11 is 0. The fraction of sp³-hybridized carbons (Fsp3) is 0.174. The van der Waals surface area contributed by atoms with E-state index < -0.39 is 17.2 Å². The number of carbonyl (C=O) groups excluding carboxylic acids is 1. The maximum Gasteiger partial charge on any atom is 0.333 e. The molecule has 9 heteroatoms. The molecule has 0 bridgehead atoms. The van der Waals surface area contributed by atoms with E-state index in [1.807, 2.05) is 30.3 Å². The lowest BCUT2D eigenvalue weighted by atomic mass is 10.1. The molecule has 0 saturated carbocycles. The number of anilines is 1. The zero-order valence-electron chi connectivity index (χ0n) is 17.4. The molecule has 32 heavy (non-hydrogen) atoms. The van der Waals surface area contributed by atoms with Gasteiger partial charge in [0.05, 0.1) is 7.11 Å². The minimum atomic E-state index is -0.608. The van der Waals surface area contributed by atoms with Crippen molar-refractivity contribution in [3.8, 4) is 5.75 Å². The molecule has 0 aliphatic rings. The van der Waals surface area contributed by atoms with Crippen LogP contribution in [0.15, 0.2) is 76.6 Å². The van der Waals surface area contributed by atoms with Crippen LogP contribution in [0.2, 0.25) is 0 Å². The molecule has 4 rings (SSSR count). The van der Waals surface area contributed by atoms with Crippen molar-refractivity contribution in [1.82, 2.24) is 19.1 Å². The third-order valence-electron chi connectivity index (χ3n) is 4.99. The van der Waals surface area contributed by atoms with Crippen LogP contribution in [0.4, 0.5) is 5.69 Å². The lowest BCUT2D eigenvalue weighted by molar-refractivity contribution is -0.116. The van der Waals surface area contributed by atoms with Gasteiger partial charge in [0.25, 0.3) is 5.56 Å². The van der Waals surface area contributed by atoms with Gasteiger partial charge in [0.15, 0.2) is 11.2 Å². The molecule has 4 aromatic rings. The van der Waals surface area contributed by atoms with E-state index in [4.69, 9.17) is 4.74 Å². The molecule has 0 aliphatic carbocycles. The summed E-state index contributed by atoms with van der Waals surface area (Å²) in [6.45, 7) is -0.153. The van der Waals surface area contributed by atoms with Crippen molar-refractivity contribution >= 4 is 22.8 Å². The average Bonchev–Trinajstić information content (AvgIpc) is 2.83. The fourth-order valence-corrected chi connectivity index (χ4v) is 3.37. The molecule has 1 N–H and O–H groups in total. The maximum atomic E-state index is 13.2. The van der Waals surface area contributed by atoms with E-state index in [9.17, 15) is 14.4 Å². The number of rotatable bonds is 7. The van der Waals surface area contributed by atoms with Crippen molar-refractivity contribution in [1.29, 1.82) is 0 Å². The van der Waals surface area contributed by atoms with Gasteiger partial charge in [-0.25, -0.2) is 14.8 Å². The van der Waals surface area contributed by atoms with Gasteiger partial charge >= 0.3 is 5.69 Å². The summed E-state index contributed by atoms with van der Waals surface area (Å²) < 4.78 is 7.38. The average molecular weight is 431 g/mol. The Morgan fingerprint density at radius 3 is 2.41 bits per heavy atom. The molecule has 2 heterocycles. The second-order valence-electron chi connectivity index (χ2n) is 7.07. The van der Waals surface area contributed by atoms with Crippen molar-refractivity contribution in [2.75, 3.05) is 12.4 Å². The summed E-state index contributed by atoms with van der Waals surface area (Å²) in [5, 5.41) is 2.74. The number of carbonyl (C=O) groups is 1. The quantitative estimate of drug-likeness (QED) is 0.478. The highest BCUT2D eigenvalue weighted by atomic mass is 16.5. The fourth-order valence-electron chi connectivity index (χ4n) is 3.37. The number of ether oxygens (including phenoxy) is 1. The second kappa shape index (κ2) is 9.25. The Morgan fingerprint density at radius 1 is 0.969 bits per heavy atom. The summed E-state index contributed by atoms with van der Waals surface area (Å²) in [7, 11) is 1.55. The smallest absolute Gasteiger partial charge is 0.333 e. The van der Waals surface area contributed by atoms with E-state index in [-0.39, 0.29) is 24.3 Å². The zero-order chi connectivity index (χ0) is 22.5. The largest absolute Gasteiger partial charge is 0.497 e. The number of benzene rings is 2. The molecule has 9 nitrogen and oxygen atoms in total. The first-order chi connectivity index (χ1) is 15.6. The Kier molecular flexibility index (Phi) is 6.07. The molecular weight excluding hydrogens is 410 g/mol. The van der Waals surface area contributed by atoms with E-state index in [2.05, 4.69) is 15.3 Å². The topological polar surface area (TPSA) is 108 Å². The zero-order valence-corrected chi connectivity index (χ0v) is 17.4. The van der Waals surface area contributed by atoms with Crippen LogP contribution in [0.5, 0.6) is 5.75 Å². The van der Waals surface area contributed by atoms with Gasteiger partial charge in [-0.2, -0.15) is 0 Å². The predicted octanol–water partition coefficient (Wildman–Crippen LogP) is 1.84. The number of aryl methyl sites for hydroxylation is 1. The molecule has 0 saturated heterocycles. The number of hydrogen-bond acceptors (Lipinski definition) is 6. The highest BCUT2D eigenvalue weighted by molar-refractivity contribution is 5.91. The predicted molar refractivity (Wildman–Crippen MR) is 120 cm³/mol. The number of aromatic nitrogens is 4. The molecule has 0 unspecified atom stereocenters. The van der Waals surface area contributed by atoms with Gasteiger partial charge in [-0.1, -0.05) is 30.3 Å². The van der Waals surface area contributed by atoms with Gasteiger partial charge in [0.2, 0.25) is 5.91 Å². The van der Waals surface area contributed by atoms with E-state index in [1.54, 1.807) is 31.4 Å². The van der Waals surface area contributed by atoms with Gasteiger partial charge in [-0.3, -0.25) is 18.7 Å². The Labute approximate surface area is 182 Å². The molecule has 2 aromatic heterocycles. The van der Waals surface area contributed by atoms with Gasteiger partial charge in [-0.05, 0) is 36.2 Å². The first-order valence-corrected chi connectivity index (χ1v) is 9.99. The normalized spacial score (nSPS) is 10.8. The molecule has 2 aromatic carbocycles. The standard InChI is InChI=1S/C23H21N5O4/c1-32-18-9-7-17(8-10-18)26-19(29)15-28-21-20(24-12-13-25-21)22(30)27(23(28)31)14-11-16-5-3-2-4-6-16/h2-10,12-13H,11,14-15H2,1H3,(H,26,29). The molecule has 0 fully saturated rings. The number of fused-ring (bicyclic) bond motifs is 1. The van der Waals surface area contributed by atoms with Crippen molar-refractivity contribution in [3.05, 3.63) is 93.4 Å². The Hall–Kier alpha value is -4.27. The van der Waals surface area contributed by atoms with Crippen LogP contribution in [0.3, 0.4) is 0 Å². The van der Waals surface area contributed by atoms with Gasteiger partial charge in [-0.15, -0.1) is 0 Å². The number of nitrogens with zero attached hydrogens (tertiary/aromatic N) is 4. The van der Waals surface area contributed by atoms with Gasteiger partial charge < -0.3 is 10.1 Å². The summed E-state index contributed by atoms with van der Waals surface area (Å²) in [6.07, 6.45) is 3.25. The highest BCUT2D eigenvalue weighted by Crippen LogP contribution is 2.15. The minimum absolute atomic E-state index is 0.0393. The van der Waals surface area contributed by atoms with Crippen LogP contribution in [0.25, 0.3) is 11.2 Å². The number of methoxy groups -OCH3 is 1. The van der Waals surface area contributed by atoms with Crippen LogP contribution >= 0.6 is 0 Å². The monoisotopic (exact) mass is 431 g/mol. The number of nitrogens with one attached hydrogen (secondary N) is 1. The SMILES string of the molecule is COc1ccc(NC(=O)Cn2c(=O)n(CCc3ccccc3)c(=O)c3nccnc32)cc1.